The summed E-state index contributed by atoms with van der Waals surface area (Å²) in [6, 6.07) is 0.916. The molecule has 0 spiro atoms. The van der Waals surface area contributed by atoms with Gasteiger partial charge in [0.2, 0.25) is 0 Å². The Morgan fingerprint density at radius 2 is 2.12 bits per heavy atom. The average Bonchev–Trinajstić information content (AvgIpc) is 3.08. The number of likely N-dealkylation sites (N-methyl/N-ethyl adjacent to an activating group) is 1. The molecule has 0 aromatic heterocycles. The van der Waals surface area contributed by atoms with Crippen molar-refractivity contribution in [2.45, 2.75) is 38.6 Å². The summed E-state index contributed by atoms with van der Waals surface area (Å²) in [5, 5.41) is 3.55. The maximum atomic E-state index is 3.55. The van der Waals surface area contributed by atoms with Crippen molar-refractivity contribution >= 4 is 0 Å². The van der Waals surface area contributed by atoms with Crippen molar-refractivity contribution in [2.75, 3.05) is 46.3 Å². The Morgan fingerprint density at radius 1 is 1.29 bits per heavy atom. The molecule has 1 saturated heterocycles. The highest BCUT2D eigenvalue weighted by Gasteiger charge is 2.27. The van der Waals surface area contributed by atoms with E-state index < -0.39 is 0 Å². The van der Waals surface area contributed by atoms with Crippen LogP contribution in [0.3, 0.4) is 0 Å². The van der Waals surface area contributed by atoms with Crippen LogP contribution in [0.15, 0.2) is 0 Å². The van der Waals surface area contributed by atoms with Gasteiger partial charge in [0, 0.05) is 25.7 Å². The highest BCUT2D eigenvalue weighted by atomic mass is 15.2. The molecule has 2 fully saturated rings. The summed E-state index contributed by atoms with van der Waals surface area (Å²) >= 11 is 0. The van der Waals surface area contributed by atoms with Crippen LogP contribution in [0.2, 0.25) is 0 Å². The molecular formula is C14H29N3. The van der Waals surface area contributed by atoms with Gasteiger partial charge in [0.1, 0.15) is 0 Å². The van der Waals surface area contributed by atoms with Crippen LogP contribution < -0.4 is 5.32 Å². The lowest BCUT2D eigenvalue weighted by Crippen LogP contribution is -2.34. The van der Waals surface area contributed by atoms with Gasteiger partial charge in [-0.25, -0.2) is 0 Å². The number of hydrogen-bond donors (Lipinski definition) is 1. The highest BCUT2D eigenvalue weighted by molar-refractivity contribution is 4.84. The van der Waals surface area contributed by atoms with Crippen LogP contribution in [0.5, 0.6) is 0 Å². The maximum absolute atomic E-state index is 3.55. The number of hydrogen-bond acceptors (Lipinski definition) is 3. The summed E-state index contributed by atoms with van der Waals surface area (Å²) in [6.45, 7) is 9.81. The molecule has 1 heterocycles. The molecule has 0 radical (unpaired) electrons. The maximum Gasteiger partial charge on any atom is 0.0109 e. The minimum atomic E-state index is 0.896. The first-order valence-electron chi connectivity index (χ1n) is 7.43. The quantitative estimate of drug-likeness (QED) is 0.646. The summed E-state index contributed by atoms with van der Waals surface area (Å²) in [7, 11) is 2.29. The van der Waals surface area contributed by atoms with E-state index in [9.17, 15) is 0 Å². The van der Waals surface area contributed by atoms with Gasteiger partial charge in [-0.2, -0.15) is 0 Å². The highest BCUT2D eigenvalue weighted by Crippen LogP contribution is 2.25. The summed E-state index contributed by atoms with van der Waals surface area (Å²) in [6.07, 6.45) is 5.51. The molecule has 0 bridgehead atoms. The van der Waals surface area contributed by atoms with E-state index in [2.05, 4.69) is 29.1 Å². The first-order chi connectivity index (χ1) is 8.29. The monoisotopic (exact) mass is 239 g/mol. The van der Waals surface area contributed by atoms with Crippen LogP contribution in [-0.2, 0) is 0 Å². The minimum absolute atomic E-state index is 0.896. The second kappa shape index (κ2) is 6.72. The number of rotatable bonds is 8. The van der Waals surface area contributed by atoms with Crippen LogP contribution in [-0.4, -0.2) is 62.2 Å². The summed E-state index contributed by atoms with van der Waals surface area (Å²) < 4.78 is 0. The van der Waals surface area contributed by atoms with Crippen molar-refractivity contribution in [3.8, 4) is 0 Å². The zero-order valence-corrected chi connectivity index (χ0v) is 11.6. The van der Waals surface area contributed by atoms with Crippen molar-refractivity contribution in [1.82, 2.24) is 15.1 Å². The van der Waals surface area contributed by atoms with Gasteiger partial charge in [-0.3, -0.25) is 0 Å². The SMILES string of the molecule is CCCNCC1CCN(CCN(C)C2CC2)C1. The molecule has 3 heteroatoms. The summed E-state index contributed by atoms with van der Waals surface area (Å²) in [4.78, 5) is 5.19. The van der Waals surface area contributed by atoms with Crippen molar-refractivity contribution < 1.29 is 0 Å². The molecule has 1 aliphatic heterocycles. The minimum Gasteiger partial charge on any atom is -0.316 e. The molecular weight excluding hydrogens is 210 g/mol. The Morgan fingerprint density at radius 3 is 2.82 bits per heavy atom. The summed E-state index contributed by atoms with van der Waals surface area (Å²) in [5.41, 5.74) is 0. The van der Waals surface area contributed by atoms with Gasteiger partial charge in [0.05, 0.1) is 0 Å². The third kappa shape index (κ3) is 4.57. The Bertz CT molecular complexity index is 216. The molecule has 1 atom stereocenters. The Balaban J connectivity index is 1.54. The van der Waals surface area contributed by atoms with E-state index in [1.807, 2.05) is 0 Å². The first-order valence-corrected chi connectivity index (χ1v) is 7.43. The van der Waals surface area contributed by atoms with E-state index in [0.29, 0.717) is 0 Å². The fourth-order valence-electron chi connectivity index (χ4n) is 2.76. The van der Waals surface area contributed by atoms with E-state index in [1.165, 1.54) is 65.0 Å². The molecule has 1 N–H and O–H groups in total. The second-order valence-corrected chi connectivity index (χ2v) is 5.87. The number of nitrogens with one attached hydrogen (secondary N) is 1. The molecule has 1 unspecified atom stereocenters. The van der Waals surface area contributed by atoms with E-state index in [4.69, 9.17) is 0 Å². The molecule has 0 amide bonds. The normalized spacial score (nSPS) is 25.9. The van der Waals surface area contributed by atoms with Gasteiger partial charge in [0.15, 0.2) is 0 Å². The van der Waals surface area contributed by atoms with Gasteiger partial charge in [-0.1, -0.05) is 6.92 Å². The van der Waals surface area contributed by atoms with E-state index >= 15 is 0 Å². The predicted octanol–water partition coefficient (Wildman–Crippen LogP) is 1.40. The topological polar surface area (TPSA) is 18.5 Å². The third-order valence-corrected chi connectivity index (χ3v) is 4.17. The van der Waals surface area contributed by atoms with Gasteiger partial charge in [0.25, 0.3) is 0 Å². The molecule has 100 valence electrons. The largest absolute Gasteiger partial charge is 0.316 e. The molecule has 2 rings (SSSR count). The van der Waals surface area contributed by atoms with E-state index in [-0.39, 0.29) is 0 Å². The van der Waals surface area contributed by atoms with Crippen LogP contribution in [0.4, 0.5) is 0 Å². The standard InChI is InChI=1S/C14H29N3/c1-3-7-15-11-13-6-8-17(12-13)10-9-16(2)14-4-5-14/h13-15H,3-12H2,1-2H3. The Kier molecular flexibility index (Phi) is 5.26. The van der Waals surface area contributed by atoms with Crippen LogP contribution in [0, 0.1) is 5.92 Å². The lowest BCUT2D eigenvalue weighted by atomic mass is 10.1. The zero-order chi connectivity index (χ0) is 12.1. The van der Waals surface area contributed by atoms with Gasteiger partial charge < -0.3 is 15.1 Å². The van der Waals surface area contributed by atoms with Crippen LogP contribution in [0.1, 0.15) is 32.6 Å². The molecule has 2 aliphatic rings. The molecule has 1 saturated carbocycles. The van der Waals surface area contributed by atoms with Crippen molar-refractivity contribution in [2.24, 2.45) is 5.92 Å². The van der Waals surface area contributed by atoms with Crippen molar-refractivity contribution in [3.05, 3.63) is 0 Å². The van der Waals surface area contributed by atoms with Gasteiger partial charge in [-0.05, 0) is 58.3 Å². The molecule has 1 aliphatic carbocycles. The molecule has 0 aromatic rings. The van der Waals surface area contributed by atoms with Crippen molar-refractivity contribution in [3.63, 3.8) is 0 Å². The zero-order valence-electron chi connectivity index (χ0n) is 11.6. The fourth-order valence-corrected chi connectivity index (χ4v) is 2.76. The second-order valence-electron chi connectivity index (χ2n) is 5.87. The first kappa shape index (κ1) is 13.3. The Labute approximate surface area is 107 Å². The fraction of sp³-hybridized carbons (Fsp3) is 1.00. The van der Waals surface area contributed by atoms with Gasteiger partial charge in [-0.15, -0.1) is 0 Å². The number of likely N-dealkylation sites (tertiary alicyclic amines) is 1. The third-order valence-electron chi connectivity index (χ3n) is 4.17. The molecule has 3 nitrogen and oxygen atoms in total. The van der Waals surface area contributed by atoms with Crippen molar-refractivity contribution in [1.29, 1.82) is 0 Å². The van der Waals surface area contributed by atoms with E-state index in [1.54, 1.807) is 0 Å². The molecule has 0 aromatic carbocycles. The van der Waals surface area contributed by atoms with Gasteiger partial charge >= 0.3 is 0 Å². The predicted molar refractivity (Wildman–Crippen MR) is 73.4 cm³/mol. The average molecular weight is 239 g/mol. The van der Waals surface area contributed by atoms with E-state index in [0.717, 1.165) is 12.0 Å². The smallest absolute Gasteiger partial charge is 0.0109 e. The lowest BCUT2D eigenvalue weighted by molar-refractivity contribution is 0.245. The summed E-state index contributed by atoms with van der Waals surface area (Å²) in [5.74, 6) is 0.896. The molecule has 17 heavy (non-hydrogen) atoms. The Hall–Kier alpha value is -0.120. The van der Waals surface area contributed by atoms with Crippen LogP contribution >= 0.6 is 0 Å². The lowest BCUT2D eigenvalue weighted by Gasteiger charge is -2.21. The number of nitrogens with zero attached hydrogens (tertiary/aromatic N) is 2. The van der Waals surface area contributed by atoms with Crippen LogP contribution in [0.25, 0.3) is 0 Å².